The van der Waals surface area contributed by atoms with Crippen LogP contribution in [0.4, 0.5) is 0 Å². The highest BCUT2D eigenvalue weighted by Gasteiger charge is 2.10. The quantitative estimate of drug-likeness (QED) is 0.651. The van der Waals surface area contributed by atoms with Crippen LogP contribution in [-0.2, 0) is 9.47 Å². The number of ether oxygens (including phenoxy) is 2. The van der Waals surface area contributed by atoms with Crippen LogP contribution in [0.25, 0.3) is 0 Å². The third kappa shape index (κ3) is 7.58. The van der Waals surface area contributed by atoms with E-state index in [1.165, 1.54) is 11.1 Å². The lowest BCUT2D eigenvalue weighted by Crippen LogP contribution is -2.32. The first-order valence-electron chi connectivity index (χ1n) is 7.67. The summed E-state index contributed by atoms with van der Waals surface area (Å²) in [5, 5.41) is 13.2. The number of hydrogen-bond donors (Lipinski definition) is 2. The number of benzene rings is 1. The van der Waals surface area contributed by atoms with E-state index in [2.05, 4.69) is 31.3 Å². The maximum atomic E-state index is 9.89. The van der Waals surface area contributed by atoms with Gasteiger partial charge < -0.3 is 19.9 Å². The van der Waals surface area contributed by atoms with Crippen molar-refractivity contribution in [3.05, 3.63) is 35.4 Å². The highest BCUT2D eigenvalue weighted by molar-refractivity contribution is 5.28. The lowest BCUT2D eigenvalue weighted by molar-refractivity contribution is -0.0104. The molecule has 21 heavy (non-hydrogen) atoms. The van der Waals surface area contributed by atoms with E-state index in [4.69, 9.17) is 9.47 Å². The Kier molecular flexibility index (Phi) is 8.54. The fourth-order valence-corrected chi connectivity index (χ4v) is 2.12. The van der Waals surface area contributed by atoms with Crippen molar-refractivity contribution in [3.63, 3.8) is 0 Å². The molecule has 1 aromatic carbocycles. The molecule has 0 amide bonds. The van der Waals surface area contributed by atoms with Crippen LogP contribution in [0, 0.1) is 6.92 Å². The molecule has 0 aliphatic heterocycles. The molecule has 0 heterocycles. The van der Waals surface area contributed by atoms with Crippen LogP contribution in [0.5, 0.6) is 0 Å². The highest BCUT2D eigenvalue weighted by Crippen LogP contribution is 2.16. The minimum atomic E-state index is -0.504. The first kappa shape index (κ1) is 18.1. The molecular weight excluding hydrogens is 266 g/mol. The first-order valence-corrected chi connectivity index (χ1v) is 7.67. The van der Waals surface area contributed by atoms with Crippen molar-refractivity contribution < 1.29 is 14.6 Å². The molecule has 0 saturated carbocycles. The van der Waals surface area contributed by atoms with E-state index in [0.717, 1.165) is 0 Å². The monoisotopic (exact) mass is 295 g/mol. The van der Waals surface area contributed by atoms with Gasteiger partial charge in [-0.05, 0) is 38.8 Å². The van der Waals surface area contributed by atoms with Gasteiger partial charge in [-0.3, -0.25) is 0 Å². The summed E-state index contributed by atoms with van der Waals surface area (Å²) in [6.45, 7) is 10.1. The van der Waals surface area contributed by atoms with Gasteiger partial charge in [0.25, 0.3) is 0 Å². The topological polar surface area (TPSA) is 50.7 Å². The van der Waals surface area contributed by atoms with Crippen molar-refractivity contribution >= 4 is 0 Å². The van der Waals surface area contributed by atoms with Crippen LogP contribution in [0.1, 0.15) is 37.9 Å². The van der Waals surface area contributed by atoms with Crippen molar-refractivity contribution in [2.24, 2.45) is 0 Å². The Morgan fingerprint density at radius 2 is 1.86 bits per heavy atom. The standard InChI is InChI=1S/C17H29NO3/c1-13(2)21-10-9-20-12-16(19)11-18-15(4)17-8-6-5-7-14(17)3/h5-8,13,15-16,18-19H,9-12H2,1-4H3/t15-,16?/m1/s1. The van der Waals surface area contributed by atoms with E-state index in [0.29, 0.717) is 26.4 Å². The van der Waals surface area contributed by atoms with Gasteiger partial charge in [-0.25, -0.2) is 0 Å². The molecule has 0 saturated heterocycles. The molecule has 0 fully saturated rings. The summed E-state index contributed by atoms with van der Waals surface area (Å²) in [5.74, 6) is 0. The predicted octanol–water partition coefficient (Wildman–Crippen LogP) is 2.45. The van der Waals surface area contributed by atoms with Gasteiger partial charge in [0.2, 0.25) is 0 Å². The minimum Gasteiger partial charge on any atom is -0.389 e. The normalized spacial score (nSPS) is 14.4. The molecule has 2 N–H and O–H groups in total. The summed E-state index contributed by atoms with van der Waals surface area (Å²) in [6.07, 6.45) is -0.286. The Morgan fingerprint density at radius 3 is 2.52 bits per heavy atom. The van der Waals surface area contributed by atoms with Crippen LogP contribution in [0.15, 0.2) is 24.3 Å². The van der Waals surface area contributed by atoms with E-state index in [9.17, 15) is 5.11 Å². The van der Waals surface area contributed by atoms with E-state index in [1.807, 2.05) is 26.0 Å². The Hall–Kier alpha value is -0.940. The number of aliphatic hydroxyl groups excluding tert-OH is 1. The molecule has 1 aromatic rings. The average molecular weight is 295 g/mol. The smallest absolute Gasteiger partial charge is 0.0897 e. The van der Waals surface area contributed by atoms with E-state index in [-0.39, 0.29) is 12.1 Å². The third-order valence-electron chi connectivity index (χ3n) is 3.30. The fraction of sp³-hybridized carbons (Fsp3) is 0.647. The average Bonchev–Trinajstić information content (AvgIpc) is 2.44. The lowest BCUT2D eigenvalue weighted by Gasteiger charge is -2.19. The van der Waals surface area contributed by atoms with Gasteiger partial charge in [-0.15, -0.1) is 0 Å². The van der Waals surface area contributed by atoms with Gasteiger partial charge in [0, 0.05) is 12.6 Å². The molecule has 120 valence electrons. The predicted molar refractivity (Wildman–Crippen MR) is 85.5 cm³/mol. The Bertz CT molecular complexity index is 395. The summed E-state index contributed by atoms with van der Waals surface area (Å²) in [5.41, 5.74) is 2.52. The van der Waals surface area contributed by atoms with E-state index in [1.54, 1.807) is 0 Å². The summed E-state index contributed by atoms with van der Waals surface area (Å²) in [7, 11) is 0. The Morgan fingerprint density at radius 1 is 1.14 bits per heavy atom. The van der Waals surface area contributed by atoms with Crippen molar-refractivity contribution in [3.8, 4) is 0 Å². The lowest BCUT2D eigenvalue weighted by atomic mass is 10.0. The van der Waals surface area contributed by atoms with Crippen molar-refractivity contribution in [2.75, 3.05) is 26.4 Å². The molecule has 1 rings (SSSR count). The Labute approximate surface area is 128 Å². The van der Waals surface area contributed by atoms with Gasteiger partial charge in [-0.2, -0.15) is 0 Å². The molecule has 0 aliphatic rings. The number of aliphatic hydroxyl groups is 1. The van der Waals surface area contributed by atoms with Crippen molar-refractivity contribution in [1.29, 1.82) is 0 Å². The number of aryl methyl sites for hydroxylation is 1. The summed E-state index contributed by atoms with van der Waals surface area (Å²) >= 11 is 0. The molecule has 0 bridgehead atoms. The largest absolute Gasteiger partial charge is 0.389 e. The zero-order valence-electron chi connectivity index (χ0n) is 13.6. The van der Waals surface area contributed by atoms with Gasteiger partial charge >= 0.3 is 0 Å². The van der Waals surface area contributed by atoms with Gasteiger partial charge in [0.1, 0.15) is 0 Å². The maximum absolute atomic E-state index is 9.89. The second-order valence-corrected chi connectivity index (χ2v) is 5.63. The van der Waals surface area contributed by atoms with Crippen LogP contribution in [0.3, 0.4) is 0 Å². The van der Waals surface area contributed by atoms with Crippen LogP contribution < -0.4 is 5.32 Å². The molecule has 0 spiro atoms. The zero-order valence-corrected chi connectivity index (χ0v) is 13.6. The molecular formula is C17H29NO3. The molecule has 4 heteroatoms. The molecule has 4 nitrogen and oxygen atoms in total. The molecule has 0 aromatic heterocycles. The fourth-order valence-electron chi connectivity index (χ4n) is 2.12. The van der Waals surface area contributed by atoms with Crippen molar-refractivity contribution in [2.45, 2.75) is 45.9 Å². The summed E-state index contributed by atoms with van der Waals surface area (Å²) < 4.78 is 10.8. The number of hydrogen-bond acceptors (Lipinski definition) is 4. The van der Waals surface area contributed by atoms with Crippen LogP contribution >= 0.6 is 0 Å². The van der Waals surface area contributed by atoms with Gasteiger partial charge in [0.15, 0.2) is 0 Å². The highest BCUT2D eigenvalue weighted by atomic mass is 16.5. The van der Waals surface area contributed by atoms with Gasteiger partial charge in [-0.1, -0.05) is 24.3 Å². The summed E-state index contributed by atoms with van der Waals surface area (Å²) in [6, 6.07) is 8.49. The zero-order chi connectivity index (χ0) is 15.7. The van der Waals surface area contributed by atoms with Gasteiger partial charge in [0.05, 0.1) is 32.0 Å². The molecule has 0 aliphatic carbocycles. The second-order valence-electron chi connectivity index (χ2n) is 5.63. The SMILES string of the molecule is Cc1ccccc1[C@@H](C)NCC(O)COCCOC(C)C. The van der Waals surface area contributed by atoms with Crippen LogP contribution in [0.2, 0.25) is 0 Å². The molecule has 2 atom stereocenters. The first-order chi connectivity index (χ1) is 10.0. The number of nitrogens with one attached hydrogen (secondary N) is 1. The van der Waals surface area contributed by atoms with Crippen molar-refractivity contribution in [1.82, 2.24) is 5.32 Å². The maximum Gasteiger partial charge on any atom is 0.0897 e. The molecule has 1 unspecified atom stereocenters. The Balaban J connectivity index is 2.18. The third-order valence-corrected chi connectivity index (χ3v) is 3.30. The minimum absolute atomic E-state index is 0.213. The van der Waals surface area contributed by atoms with E-state index < -0.39 is 6.10 Å². The van der Waals surface area contributed by atoms with E-state index >= 15 is 0 Å². The number of rotatable bonds is 10. The molecule has 0 radical (unpaired) electrons. The van der Waals surface area contributed by atoms with Crippen LogP contribution in [-0.4, -0.2) is 43.7 Å². The summed E-state index contributed by atoms with van der Waals surface area (Å²) in [4.78, 5) is 0. The second kappa shape index (κ2) is 9.90.